The molecular weight excluding hydrogens is 404 g/mol. The molecule has 102 valence electrons. The van der Waals surface area contributed by atoms with E-state index in [0.29, 0.717) is 4.60 Å². The van der Waals surface area contributed by atoms with Gasteiger partial charge in [-0.15, -0.1) is 0 Å². The highest BCUT2D eigenvalue weighted by Gasteiger charge is 2.25. The normalized spacial score (nSPS) is 11.6. The van der Waals surface area contributed by atoms with Crippen LogP contribution in [0.25, 0.3) is 0 Å². The Morgan fingerprint density at radius 3 is 2.53 bits per heavy atom. The molecular formula is C9H8Br2N4O3S. The summed E-state index contributed by atoms with van der Waals surface area (Å²) in [6.45, 7) is 3.07. The molecule has 2 aromatic heterocycles. The van der Waals surface area contributed by atoms with Gasteiger partial charge in [-0.1, -0.05) is 5.16 Å². The van der Waals surface area contributed by atoms with Crippen LogP contribution in [-0.4, -0.2) is 23.5 Å². The number of rotatable bonds is 3. The number of sulfonamides is 1. The molecule has 0 aliphatic rings. The predicted molar refractivity (Wildman–Crippen MR) is 74.2 cm³/mol. The van der Waals surface area contributed by atoms with Gasteiger partial charge in [0.15, 0.2) is 21.1 Å². The van der Waals surface area contributed by atoms with E-state index in [1.54, 1.807) is 6.92 Å². The van der Waals surface area contributed by atoms with Crippen molar-refractivity contribution in [2.75, 3.05) is 4.72 Å². The van der Waals surface area contributed by atoms with E-state index in [1.165, 1.54) is 13.1 Å². The maximum absolute atomic E-state index is 12.2. The predicted octanol–water partition coefficient (Wildman–Crippen LogP) is 2.41. The van der Waals surface area contributed by atoms with Crippen LogP contribution in [0.2, 0.25) is 0 Å². The third-order valence-corrected chi connectivity index (χ3v) is 4.69. The average Bonchev–Trinajstić information content (AvgIpc) is 2.63. The molecule has 19 heavy (non-hydrogen) atoms. The van der Waals surface area contributed by atoms with Gasteiger partial charge in [0.2, 0.25) is 0 Å². The van der Waals surface area contributed by atoms with E-state index in [-0.39, 0.29) is 26.8 Å². The van der Waals surface area contributed by atoms with Crippen molar-refractivity contribution >= 4 is 47.7 Å². The van der Waals surface area contributed by atoms with Gasteiger partial charge in [0, 0.05) is 0 Å². The van der Waals surface area contributed by atoms with Crippen LogP contribution in [0.4, 0.5) is 5.82 Å². The lowest BCUT2D eigenvalue weighted by atomic mass is 10.4. The van der Waals surface area contributed by atoms with Crippen LogP contribution in [0.1, 0.15) is 11.5 Å². The zero-order valence-electron chi connectivity index (χ0n) is 9.81. The first-order valence-corrected chi connectivity index (χ1v) is 8.02. The van der Waals surface area contributed by atoms with Crippen LogP contribution in [0.3, 0.4) is 0 Å². The summed E-state index contributed by atoms with van der Waals surface area (Å²) in [6.07, 6.45) is 1.38. The van der Waals surface area contributed by atoms with Gasteiger partial charge in [0.1, 0.15) is 10.3 Å². The average molecular weight is 412 g/mol. The van der Waals surface area contributed by atoms with Gasteiger partial charge in [-0.3, -0.25) is 4.72 Å². The Hall–Kier alpha value is -1.00. The number of nitrogens with one attached hydrogen (secondary N) is 1. The fourth-order valence-corrected chi connectivity index (χ4v) is 3.84. The molecule has 1 N–H and O–H groups in total. The molecule has 0 unspecified atom stereocenters. The van der Waals surface area contributed by atoms with Crippen molar-refractivity contribution in [3.05, 3.63) is 26.9 Å². The lowest BCUT2D eigenvalue weighted by molar-refractivity contribution is 0.390. The maximum Gasteiger partial charge on any atom is 0.268 e. The first kappa shape index (κ1) is 14.4. The summed E-state index contributed by atoms with van der Waals surface area (Å²) < 4.78 is 32.4. The highest BCUT2D eigenvalue weighted by atomic mass is 79.9. The Morgan fingerprint density at radius 2 is 2.00 bits per heavy atom. The van der Waals surface area contributed by atoms with Gasteiger partial charge in [-0.05, 0) is 45.7 Å². The third kappa shape index (κ3) is 2.95. The van der Waals surface area contributed by atoms with Gasteiger partial charge in [0.05, 0.1) is 6.20 Å². The van der Waals surface area contributed by atoms with E-state index in [0.717, 1.165) is 0 Å². The Kier molecular flexibility index (Phi) is 3.92. The molecule has 7 nitrogen and oxygen atoms in total. The summed E-state index contributed by atoms with van der Waals surface area (Å²) >= 11 is 6.26. The fraction of sp³-hybridized carbons (Fsp3) is 0.222. The Balaban J connectivity index is 2.42. The number of aromatic nitrogens is 3. The number of anilines is 1. The largest absolute Gasteiger partial charge is 0.360 e. The van der Waals surface area contributed by atoms with Crippen molar-refractivity contribution < 1.29 is 12.9 Å². The third-order valence-electron chi connectivity index (χ3n) is 2.17. The van der Waals surface area contributed by atoms with Crippen molar-refractivity contribution in [2.45, 2.75) is 18.7 Å². The minimum absolute atomic E-state index is 0.00381. The summed E-state index contributed by atoms with van der Waals surface area (Å²) in [6, 6.07) is 0. The van der Waals surface area contributed by atoms with E-state index < -0.39 is 10.0 Å². The number of hydrogen-bond acceptors (Lipinski definition) is 6. The van der Waals surface area contributed by atoms with Crippen LogP contribution in [0.15, 0.2) is 24.8 Å². The minimum Gasteiger partial charge on any atom is -0.360 e. The minimum atomic E-state index is -3.82. The quantitative estimate of drug-likeness (QED) is 0.832. The number of halogens is 2. The first-order chi connectivity index (χ1) is 8.81. The molecule has 0 spiro atoms. The molecule has 10 heteroatoms. The molecule has 2 aromatic rings. The first-order valence-electron chi connectivity index (χ1n) is 4.95. The zero-order valence-corrected chi connectivity index (χ0v) is 13.8. The molecule has 2 heterocycles. The van der Waals surface area contributed by atoms with Crippen LogP contribution in [-0.2, 0) is 10.0 Å². The summed E-state index contributed by atoms with van der Waals surface area (Å²) in [5.41, 5.74) is 0.284. The van der Waals surface area contributed by atoms with Crippen LogP contribution < -0.4 is 4.72 Å². The van der Waals surface area contributed by atoms with Crippen molar-refractivity contribution in [2.24, 2.45) is 0 Å². The highest BCUT2D eigenvalue weighted by Crippen LogP contribution is 2.25. The second kappa shape index (κ2) is 5.17. The van der Waals surface area contributed by atoms with Crippen LogP contribution in [0.5, 0.6) is 0 Å². The standard InChI is InChI=1S/C9H8Br2N4O3S/c1-4-7(5(2)18-14-4)19(16,17)15-9-8(11)13-6(10)3-12-9/h3H,1-2H3,(H,12,15). The molecule has 2 rings (SSSR count). The second-order valence-corrected chi connectivity index (χ2v) is 6.77. The van der Waals surface area contributed by atoms with E-state index in [4.69, 9.17) is 4.52 Å². The molecule has 0 atom stereocenters. The van der Waals surface area contributed by atoms with Crippen molar-refractivity contribution in [1.82, 2.24) is 15.1 Å². The number of nitrogens with zero attached hydrogens (tertiary/aromatic N) is 3. The van der Waals surface area contributed by atoms with E-state index >= 15 is 0 Å². The summed E-state index contributed by atoms with van der Waals surface area (Å²) in [5, 5.41) is 3.61. The van der Waals surface area contributed by atoms with Crippen molar-refractivity contribution in [3.63, 3.8) is 0 Å². The smallest absolute Gasteiger partial charge is 0.268 e. The van der Waals surface area contributed by atoms with E-state index in [2.05, 4.69) is 51.7 Å². The van der Waals surface area contributed by atoms with Crippen molar-refractivity contribution in [1.29, 1.82) is 0 Å². The maximum atomic E-state index is 12.2. The molecule has 0 saturated heterocycles. The molecule has 0 aliphatic heterocycles. The topological polar surface area (TPSA) is 98.0 Å². The zero-order chi connectivity index (χ0) is 14.2. The molecule has 0 fully saturated rings. The molecule has 0 saturated carbocycles. The number of hydrogen-bond donors (Lipinski definition) is 1. The van der Waals surface area contributed by atoms with Gasteiger partial charge < -0.3 is 4.52 Å². The van der Waals surface area contributed by atoms with Crippen LogP contribution >= 0.6 is 31.9 Å². The molecule has 0 radical (unpaired) electrons. The molecule has 0 aliphatic carbocycles. The van der Waals surface area contributed by atoms with Gasteiger partial charge in [-0.2, -0.15) is 0 Å². The van der Waals surface area contributed by atoms with Gasteiger partial charge >= 0.3 is 0 Å². The number of aryl methyl sites for hydroxylation is 2. The molecule has 0 amide bonds. The Morgan fingerprint density at radius 1 is 1.32 bits per heavy atom. The Labute approximate surface area is 126 Å². The van der Waals surface area contributed by atoms with E-state index in [9.17, 15) is 8.42 Å². The lowest BCUT2D eigenvalue weighted by Gasteiger charge is -2.07. The fourth-order valence-electron chi connectivity index (χ4n) is 1.45. The van der Waals surface area contributed by atoms with Gasteiger partial charge in [0.25, 0.3) is 10.0 Å². The highest BCUT2D eigenvalue weighted by molar-refractivity contribution is 9.11. The summed E-state index contributed by atoms with van der Waals surface area (Å²) in [5.74, 6) is 0.300. The summed E-state index contributed by atoms with van der Waals surface area (Å²) in [4.78, 5) is 7.93. The van der Waals surface area contributed by atoms with E-state index in [1.807, 2.05) is 0 Å². The second-order valence-electron chi connectivity index (χ2n) is 3.59. The molecule has 0 bridgehead atoms. The Bertz CT molecular complexity index is 710. The molecule has 0 aromatic carbocycles. The van der Waals surface area contributed by atoms with Gasteiger partial charge in [-0.25, -0.2) is 18.4 Å². The van der Waals surface area contributed by atoms with Crippen LogP contribution in [0, 0.1) is 13.8 Å². The SMILES string of the molecule is Cc1noc(C)c1S(=O)(=O)Nc1ncc(Br)nc1Br. The van der Waals surface area contributed by atoms with Crippen molar-refractivity contribution in [3.8, 4) is 0 Å². The lowest BCUT2D eigenvalue weighted by Crippen LogP contribution is -2.16. The monoisotopic (exact) mass is 410 g/mol. The summed E-state index contributed by atoms with van der Waals surface area (Å²) in [7, 11) is -3.82.